The summed E-state index contributed by atoms with van der Waals surface area (Å²) in [5.41, 5.74) is 0.492. The van der Waals surface area contributed by atoms with Crippen LogP contribution in [0, 0.1) is 0 Å². The van der Waals surface area contributed by atoms with Gasteiger partial charge in [0.15, 0.2) is 0 Å². The van der Waals surface area contributed by atoms with Crippen LogP contribution in [0.5, 0.6) is 5.75 Å². The minimum absolute atomic E-state index is 0.0972. The normalized spacial score (nSPS) is 10.6. The van der Waals surface area contributed by atoms with Crippen molar-refractivity contribution in [3.8, 4) is 5.75 Å². The number of amides is 1. The Morgan fingerprint density at radius 3 is 2.71 bits per heavy atom. The van der Waals surface area contributed by atoms with Crippen molar-refractivity contribution in [2.45, 2.75) is 0 Å². The number of hydrogen-bond donors (Lipinski definition) is 2. The summed E-state index contributed by atoms with van der Waals surface area (Å²) in [4.78, 5) is 23.8. The highest BCUT2D eigenvalue weighted by molar-refractivity contribution is 7.21. The van der Waals surface area contributed by atoms with Crippen molar-refractivity contribution in [1.29, 1.82) is 0 Å². The predicted molar refractivity (Wildman–Crippen MR) is 94.7 cm³/mol. The van der Waals surface area contributed by atoms with Gasteiger partial charge in [0.25, 0.3) is 5.91 Å². The minimum Gasteiger partial charge on any atom is -0.497 e. The molecule has 3 aromatic rings. The molecule has 0 saturated heterocycles. The quantitative estimate of drug-likeness (QED) is 0.716. The molecule has 0 saturated carbocycles. The van der Waals surface area contributed by atoms with Crippen molar-refractivity contribution >= 4 is 50.6 Å². The highest BCUT2D eigenvalue weighted by atomic mass is 35.5. The van der Waals surface area contributed by atoms with E-state index in [2.05, 4.69) is 5.32 Å². The molecule has 5 nitrogen and oxygen atoms in total. The molecule has 2 N–H and O–H groups in total. The van der Waals surface area contributed by atoms with Gasteiger partial charge in [0.2, 0.25) is 0 Å². The third-order valence-electron chi connectivity index (χ3n) is 3.41. The fourth-order valence-electron chi connectivity index (χ4n) is 2.24. The van der Waals surface area contributed by atoms with Crippen LogP contribution in [-0.2, 0) is 0 Å². The van der Waals surface area contributed by atoms with Gasteiger partial charge in [-0.2, -0.15) is 0 Å². The van der Waals surface area contributed by atoms with Crippen LogP contribution in [0.1, 0.15) is 20.0 Å². The smallest absolute Gasteiger partial charge is 0.335 e. The van der Waals surface area contributed by atoms with E-state index in [-0.39, 0.29) is 11.5 Å². The molecule has 0 aliphatic rings. The SMILES string of the molecule is COc1ccc2sc(C(=O)Nc3cccc(C(=O)O)c3)c(Cl)c2c1. The van der Waals surface area contributed by atoms with Gasteiger partial charge in [0, 0.05) is 15.8 Å². The molecule has 0 atom stereocenters. The number of rotatable bonds is 4. The highest BCUT2D eigenvalue weighted by Crippen LogP contribution is 2.37. The van der Waals surface area contributed by atoms with Gasteiger partial charge in [0.05, 0.1) is 17.7 Å². The number of carbonyl (C=O) groups excluding carboxylic acids is 1. The number of aromatic carboxylic acids is 1. The summed E-state index contributed by atoms with van der Waals surface area (Å²) in [6.45, 7) is 0. The average molecular weight is 362 g/mol. The monoisotopic (exact) mass is 361 g/mol. The van der Waals surface area contributed by atoms with Crippen LogP contribution < -0.4 is 10.1 Å². The van der Waals surface area contributed by atoms with E-state index in [1.807, 2.05) is 6.07 Å². The molecule has 24 heavy (non-hydrogen) atoms. The molecule has 0 bridgehead atoms. The number of methoxy groups -OCH3 is 1. The lowest BCUT2D eigenvalue weighted by atomic mass is 10.2. The van der Waals surface area contributed by atoms with Crippen molar-refractivity contribution in [2.75, 3.05) is 12.4 Å². The van der Waals surface area contributed by atoms with Gasteiger partial charge in [0.1, 0.15) is 10.6 Å². The van der Waals surface area contributed by atoms with Gasteiger partial charge in [-0.15, -0.1) is 11.3 Å². The largest absolute Gasteiger partial charge is 0.497 e. The first-order valence-corrected chi connectivity index (χ1v) is 8.10. The molecule has 0 radical (unpaired) electrons. The van der Waals surface area contributed by atoms with E-state index in [9.17, 15) is 9.59 Å². The summed E-state index contributed by atoms with van der Waals surface area (Å²) in [6, 6.07) is 11.4. The van der Waals surface area contributed by atoms with E-state index in [0.29, 0.717) is 21.3 Å². The molecular formula is C17H12ClNO4S. The van der Waals surface area contributed by atoms with Crippen LogP contribution in [0.3, 0.4) is 0 Å². The molecule has 1 aromatic heterocycles. The second-order valence-electron chi connectivity index (χ2n) is 4.95. The second kappa shape index (κ2) is 6.51. The Labute approximate surface area is 146 Å². The third-order valence-corrected chi connectivity index (χ3v) is 5.08. The molecule has 0 unspecified atom stereocenters. The van der Waals surface area contributed by atoms with Crippen LogP contribution >= 0.6 is 22.9 Å². The lowest BCUT2D eigenvalue weighted by Crippen LogP contribution is -2.11. The Morgan fingerprint density at radius 2 is 2.00 bits per heavy atom. The van der Waals surface area contributed by atoms with E-state index in [1.54, 1.807) is 31.4 Å². The summed E-state index contributed by atoms with van der Waals surface area (Å²) < 4.78 is 6.03. The van der Waals surface area contributed by atoms with Crippen molar-refractivity contribution in [3.63, 3.8) is 0 Å². The lowest BCUT2D eigenvalue weighted by Gasteiger charge is -2.05. The van der Waals surface area contributed by atoms with Gasteiger partial charge in [-0.1, -0.05) is 17.7 Å². The summed E-state index contributed by atoms with van der Waals surface area (Å²) >= 11 is 7.59. The molecular weight excluding hydrogens is 350 g/mol. The number of nitrogens with one attached hydrogen (secondary N) is 1. The van der Waals surface area contributed by atoms with Crippen molar-refractivity contribution < 1.29 is 19.4 Å². The summed E-state index contributed by atoms with van der Waals surface area (Å²) in [5.74, 6) is -0.788. The zero-order valence-corrected chi connectivity index (χ0v) is 14.1. The zero-order valence-electron chi connectivity index (χ0n) is 12.5. The fourth-order valence-corrected chi connectivity index (χ4v) is 3.62. The number of halogens is 1. The van der Waals surface area contributed by atoms with Crippen LogP contribution in [0.2, 0.25) is 5.02 Å². The first kappa shape index (κ1) is 16.3. The van der Waals surface area contributed by atoms with Crippen LogP contribution in [-0.4, -0.2) is 24.1 Å². The van der Waals surface area contributed by atoms with Gasteiger partial charge in [-0.3, -0.25) is 4.79 Å². The lowest BCUT2D eigenvalue weighted by molar-refractivity contribution is 0.0696. The Balaban J connectivity index is 1.93. The van der Waals surface area contributed by atoms with Crippen LogP contribution in [0.4, 0.5) is 5.69 Å². The molecule has 7 heteroatoms. The second-order valence-corrected chi connectivity index (χ2v) is 6.38. The van der Waals surface area contributed by atoms with E-state index in [0.717, 1.165) is 10.1 Å². The van der Waals surface area contributed by atoms with E-state index in [1.165, 1.54) is 23.5 Å². The van der Waals surface area contributed by atoms with Crippen molar-refractivity contribution in [3.05, 3.63) is 57.9 Å². The Bertz CT molecular complexity index is 951. The molecule has 1 heterocycles. The molecule has 0 aliphatic carbocycles. The van der Waals surface area contributed by atoms with Gasteiger partial charge >= 0.3 is 5.97 Å². The van der Waals surface area contributed by atoms with Gasteiger partial charge < -0.3 is 15.2 Å². The van der Waals surface area contributed by atoms with Gasteiger partial charge in [-0.05, 0) is 36.4 Å². The summed E-state index contributed by atoms with van der Waals surface area (Å²) in [6.07, 6.45) is 0. The maximum absolute atomic E-state index is 12.5. The molecule has 1 amide bonds. The Kier molecular flexibility index (Phi) is 4.42. The maximum Gasteiger partial charge on any atom is 0.335 e. The molecule has 0 spiro atoms. The van der Waals surface area contributed by atoms with Gasteiger partial charge in [-0.25, -0.2) is 4.79 Å². The number of benzene rings is 2. The number of carboxylic acid groups (broad SMARTS) is 1. The van der Waals surface area contributed by atoms with Crippen molar-refractivity contribution in [1.82, 2.24) is 0 Å². The molecule has 2 aromatic carbocycles. The Morgan fingerprint density at radius 1 is 1.21 bits per heavy atom. The summed E-state index contributed by atoms with van der Waals surface area (Å²) in [7, 11) is 1.56. The molecule has 0 aliphatic heterocycles. The van der Waals surface area contributed by atoms with E-state index in [4.69, 9.17) is 21.4 Å². The standard InChI is InChI=1S/C17H12ClNO4S/c1-23-11-5-6-13-12(8-11)14(18)15(24-13)16(20)19-10-4-2-3-9(7-10)17(21)22/h2-8H,1H3,(H,19,20)(H,21,22). The highest BCUT2D eigenvalue weighted by Gasteiger charge is 2.18. The zero-order chi connectivity index (χ0) is 17.3. The molecule has 0 fully saturated rings. The molecule has 122 valence electrons. The first-order chi connectivity index (χ1) is 11.5. The first-order valence-electron chi connectivity index (χ1n) is 6.90. The number of carboxylic acids is 1. The Hall–Kier alpha value is -2.57. The fraction of sp³-hybridized carbons (Fsp3) is 0.0588. The number of thiophene rings is 1. The topological polar surface area (TPSA) is 75.6 Å². The minimum atomic E-state index is -1.06. The third kappa shape index (κ3) is 3.06. The van der Waals surface area contributed by atoms with E-state index >= 15 is 0 Å². The summed E-state index contributed by atoms with van der Waals surface area (Å²) in [5, 5.41) is 12.8. The number of ether oxygens (including phenoxy) is 1. The maximum atomic E-state index is 12.5. The number of fused-ring (bicyclic) bond motifs is 1. The van der Waals surface area contributed by atoms with Crippen molar-refractivity contribution in [2.24, 2.45) is 0 Å². The predicted octanol–water partition coefficient (Wildman–Crippen LogP) is 4.51. The van der Waals surface area contributed by atoms with Crippen LogP contribution in [0.25, 0.3) is 10.1 Å². The van der Waals surface area contributed by atoms with E-state index < -0.39 is 5.97 Å². The molecule has 3 rings (SSSR count). The number of hydrogen-bond acceptors (Lipinski definition) is 4. The number of carbonyl (C=O) groups is 2. The average Bonchev–Trinajstić information content (AvgIpc) is 2.91. The number of anilines is 1. The van der Waals surface area contributed by atoms with Crippen LogP contribution in [0.15, 0.2) is 42.5 Å².